The largest absolute Gasteiger partial charge is 0.468 e. The first-order valence-electron chi connectivity index (χ1n) is 17.6. The van der Waals surface area contributed by atoms with E-state index in [1.807, 2.05) is 6.07 Å². The van der Waals surface area contributed by atoms with Gasteiger partial charge in [0, 0.05) is 39.2 Å². The summed E-state index contributed by atoms with van der Waals surface area (Å²) < 4.78 is 15.9. The summed E-state index contributed by atoms with van der Waals surface area (Å²) in [6.45, 7) is 0. The highest BCUT2D eigenvalue weighted by molar-refractivity contribution is 6.18. The molecule has 0 saturated heterocycles. The van der Waals surface area contributed by atoms with Crippen molar-refractivity contribution in [2.75, 3.05) is 0 Å². The topological polar surface area (TPSA) is 39.3 Å². The molecular formula is C47H32N2O2. The van der Waals surface area contributed by atoms with Crippen LogP contribution in [0.3, 0.4) is 0 Å². The van der Waals surface area contributed by atoms with Crippen LogP contribution in [0.2, 0.25) is 0 Å². The van der Waals surface area contributed by atoms with Crippen molar-refractivity contribution in [1.29, 1.82) is 0 Å². The summed E-state index contributed by atoms with van der Waals surface area (Å²) in [5, 5.41) is 9.93. The molecule has 0 bridgehead atoms. The van der Waals surface area contributed by atoms with Crippen LogP contribution in [0.4, 0.5) is 0 Å². The van der Waals surface area contributed by atoms with Crippen molar-refractivity contribution in [2.45, 2.75) is 18.6 Å². The van der Waals surface area contributed by atoms with Gasteiger partial charge in [0.15, 0.2) is 6.23 Å². The van der Waals surface area contributed by atoms with E-state index in [4.69, 9.17) is 9.15 Å². The van der Waals surface area contributed by atoms with E-state index in [0.717, 1.165) is 51.4 Å². The third-order valence-corrected chi connectivity index (χ3v) is 10.8. The maximum atomic E-state index is 6.99. The second-order valence-electron chi connectivity index (χ2n) is 13.7. The third-order valence-electron chi connectivity index (χ3n) is 10.8. The summed E-state index contributed by atoms with van der Waals surface area (Å²) >= 11 is 0. The van der Waals surface area contributed by atoms with Crippen molar-refractivity contribution in [2.24, 2.45) is 0 Å². The first-order chi connectivity index (χ1) is 25.3. The fraction of sp³-hybridized carbons (Fsp3) is 0.0638. The predicted molar refractivity (Wildman–Crippen MR) is 207 cm³/mol. The van der Waals surface area contributed by atoms with E-state index in [0.29, 0.717) is 0 Å². The highest BCUT2D eigenvalue weighted by Crippen LogP contribution is 2.49. The Hall–Kier alpha value is -6.52. The number of hydrogen-bond acceptors (Lipinski definition) is 3. The standard InChI is InChI=1S/C47H32N2O2/c1-2-11-29(12-3-1)32-14-10-15-33(27-32)39-28-42-43(38-18-7-9-20-41(38)50-42)44-46(39)51-47(48-44)31-21-24-34(25-22-31)49-40-19-8-6-17-36(40)37-26-23-30-13-4-5-16-35(30)45(37)49/h1-27,39,47-48H,28H2. The summed E-state index contributed by atoms with van der Waals surface area (Å²) in [6.07, 6.45) is 0.401. The van der Waals surface area contributed by atoms with Gasteiger partial charge >= 0.3 is 0 Å². The Kier molecular flexibility index (Phi) is 6.11. The molecule has 0 spiro atoms. The molecule has 7 aromatic carbocycles. The zero-order valence-corrected chi connectivity index (χ0v) is 27.7. The Morgan fingerprint density at radius 3 is 2.20 bits per heavy atom. The number of fused-ring (bicyclic) bond motifs is 9. The highest BCUT2D eigenvalue weighted by atomic mass is 16.5. The molecule has 1 aliphatic carbocycles. The van der Waals surface area contributed by atoms with Crippen molar-refractivity contribution in [3.63, 3.8) is 0 Å². The zero-order valence-electron chi connectivity index (χ0n) is 27.7. The molecule has 1 N–H and O–H groups in total. The van der Waals surface area contributed by atoms with E-state index in [-0.39, 0.29) is 12.1 Å². The molecule has 9 aromatic rings. The zero-order chi connectivity index (χ0) is 33.5. The van der Waals surface area contributed by atoms with Gasteiger partial charge in [-0.15, -0.1) is 0 Å². The minimum Gasteiger partial charge on any atom is -0.468 e. The van der Waals surface area contributed by atoms with Crippen LogP contribution in [0.15, 0.2) is 174 Å². The first-order valence-corrected chi connectivity index (χ1v) is 17.6. The van der Waals surface area contributed by atoms with Gasteiger partial charge in [0.05, 0.1) is 28.2 Å². The summed E-state index contributed by atoms with van der Waals surface area (Å²) in [5.41, 5.74) is 11.3. The van der Waals surface area contributed by atoms with E-state index in [1.54, 1.807) is 0 Å². The molecule has 2 aromatic heterocycles. The van der Waals surface area contributed by atoms with Crippen LogP contribution >= 0.6 is 0 Å². The molecule has 2 unspecified atom stereocenters. The van der Waals surface area contributed by atoms with Gasteiger partial charge in [-0.2, -0.15) is 0 Å². The van der Waals surface area contributed by atoms with Gasteiger partial charge in [-0.1, -0.05) is 140 Å². The molecule has 2 atom stereocenters. The quantitative estimate of drug-likeness (QED) is 0.205. The molecule has 242 valence electrons. The van der Waals surface area contributed by atoms with Crippen LogP contribution in [0.5, 0.6) is 0 Å². The molecule has 4 nitrogen and oxygen atoms in total. The maximum absolute atomic E-state index is 6.99. The van der Waals surface area contributed by atoms with Gasteiger partial charge < -0.3 is 19.0 Å². The lowest BCUT2D eigenvalue weighted by atomic mass is 9.84. The number of nitrogens with zero attached hydrogens (tertiary/aromatic N) is 1. The molecule has 51 heavy (non-hydrogen) atoms. The van der Waals surface area contributed by atoms with Gasteiger partial charge in [0.2, 0.25) is 0 Å². The number of hydrogen-bond donors (Lipinski definition) is 1. The van der Waals surface area contributed by atoms with Crippen molar-refractivity contribution in [3.05, 3.63) is 192 Å². The van der Waals surface area contributed by atoms with Crippen LogP contribution in [0.1, 0.15) is 34.6 Å². The number of para-hydroxylation sites is 2. The average Bonchev–Trinajstić information content (AvgIpc) is 3.90. The number of nitrogens with one attached hydrogen (secondary N) is 1. The van der Waals surface area contributed by atoms with E-state index < -0.39 is 0 Å². The van der Waals surface area contributed by atoms with Crippen molar-refractivity contribution in [1.82, 2.24) is 9.88 Å². The van der Waals surface area contributed by atoms with Crippen LogP contribution in [-0.4, -0.2) is 4.57 Å². The van der Waals surface area contributed by atoms with Crippen LogP contribution in [-0.2, 0) is 11.2 Å². The van der Waals surface area contributed by atoms with Gasteiger partial charge in [-0.05, 0) is 46.3 Å². The number of aromatic nitrogens is 1. The number of furan rings is 1. The second kappa shape index (κ2) is 11.0. The van der Waals surface area contributed by atoms with E-state index >= 15 is 0 Å². The maximum Gasteiger partial charge on any atom is 0.196 e. The normalized spacial score (nSPS) is 16.8. The lowest BCUT2D eigenvalue weighted by Crippen LogP contribution is -2.16. The monoisotopic (exact) mass is 656 g/mol. The summed E-state index contributed by atoms with van der Waals surface area (Å²) in [5.74, 6) is 1.98. The number of ether oxygens (including phenoxy) is 1. The summed E-state index contributed by atoms with van der Waals surface area (Å²) in [6, 6.07) is 58.5. The van der Waals surface area contributed by atoms with Crippen LogP contribution in [0.25, 0.3) is 66.1 Å². The molecule has 3 heterocycles. The number of rotatable bonds is 4. The molecule has 1 aliphatic heterocycles. The number of allylic oxidation sites excluding steroid dienone is 1. The summed E-state index contributed by atoms with van der Waals surface area (Å²) in [7, 11) is 0. The van der Waals surface area contributed by atoms with Crippen molar-refractivity contribution >= 4 is 49.2 Å². The smallest absolute Gasteiger partial charge is 0.196 e. The molecule has 0 amide bonds. The van der Waals surface area contributed by atoms with E-state index in [9.17, 15) is 0 Å². The fourth-order valence-corrected chi connectivity index (χ4v) is 8.44. The van der Waals surface area contributed by atoms with Gasteiger partial charge in [-0.25, -0.2) is 0 Å². The highest BCUT2D eigenvalue weighted by Gasteiger charge is 2.40. The van der Waals surface area contributed by atoms with Gasteiger partial charge in [-0.3, -0.25) is 0 Å². The Morgan fingerprint density at radius 2 is 1.31 bits per heavy atom. The average molecular weight is 657 g/mol. The molecular weight excluding hydrogens is 625 g/mol. The summed E-state index contributed by atoms with van der Waals surface area (Å²) in [4.78, 5) is 0. The van der Waals surface area contributed by atoms with Crippen molar-refractivity contribution < 1.29 is 9.15 Å². The Balaban J connectivity index is 1.00. The molecule has 0 fully saturated rings. The van der Waals surface area contributed by atoms with Gasteiger partial charge in [0.1, 0.15) is 17.1 Å². The second-order valence-corrected chi connectivity index (χ2v) is 13.7. The van der Waals surface area contributed by atoms with E-state index in [2.05, 4.69) is 168 Å². The third kappa shape index (κ3) is 4.33. The SMILES string of the molecule is c1ccc(-c2cccc(C3Cc4oc5ccccc5c4C4=C3OC(c3ccc(-n5c6ccccc6c6ccc7ccccc7c65)cc3)N4)c2)cc1. The van der Waals surface area contributed by atoms with Crippen LogP contribution in [0, 0.1) is 0 Å². The van der Waals surface area contributed by atoms with Crippen LogP contribution < -0.4 is 5.32 Å². The molecule has 0 radical (unpaired) electrons. The molecule has 0 saturated carbocycles. The first kappa shape index (κ1) is 28.3. The van der Waals surface area contributed by atoms with E-state index in [1.165, 1.54) is 49.3 Å². The van der Waals surface area contributed by atoms with Crippen molar-refractivity contribution in [3.8, 4) is 16.8 Å². The minimum atomic E-state index is -0.331. The van der Waals surface area contributed by atoms with Gasteiger partial charge in [0.25, 0.3) is 0 Å². The Bertz CT molecular complexity index is 2840. The fourth-order valence-electron chi connectivity index (χ4n) is 8.44. The molecule has 2 aliphatic rings. The lowest BCUT2D eigenvalue weighted by molar-refractivity contribution is 0.116. The molecule has 4 heteroatoms. The Labute approximate surface area is 294 Å². The predicted octanol–water partition coefficient (Wildman–Crippen LogP) is 11.7. The molecule has 11 rings (SSSR count). The number of benzene rings is 7. The minimum absolute atomic E-state index is 0.0133. The lowest BCUT2D eigenvalue weighted by Gasteiger charge is -2.23. The Morgan fingerprint density at radius 1 is 0.569 bits per heavy atom.